The number of pyridine rings is 1. The zero-order chi connectivity index (χ0) is 19.2. The molecule has 0 fully saturated rings. The van der Waals surface area contributed by atoms with Gasteiger partial charge in [0, 0.05) is 29.5 Å². The van der Waals surface area contributed by atoms with Crippen LogP contribution in [0.25, 0.3) is 22.2 Å². The van der Waals surface area contributed by atoms with Crippen molar-refractivity contribution in [3.8, 4) is 17.0 Å². The van der Waals surface area contributed by atoms with E-state index in [4.69, 9.17) is 4.74 Å². The Morgan fingerprint density at radius 1 is 1.00 bits per heavy atom. The number of nitrogens with one attached hydrogen (secondary N) is 1. The number of halogens is 1. The minimum Gasteiger partial charge on any atom is -0.497 e. The average Bonchev–Trinajstić information content (AvgIpc) is 2.54. The van der Waals surface area contributed by atoms with Crippen LogP contribution in [0.15, 0.2) is 35.1 Å². The normalized spacial score (nSPS) is 11.8. The van der Waals surface area contributed by atoms with Gasteiger partial charge in [-0.2, -0.15) is 0 Å². The summed E-state index contributed by atoms with van der Waals surface area (Å²) in [6.45, 7) is 10.6. The molecule has 2 aromatic carbocycles. The van der Waals surface area contributed by atoms with Crippen LogP contribution < -0.4 is 10.2 Å². The van der Waals surface area contributed by atoms with E-state index in [2.05, 4.69) is 44.8 Å². The lowest BCUT2D eigenvalue weighted by molar-refractivity contribution is 0.412. The van der Waals surface area contributed by atoms with Crippen molar-refractivity contribution in [2.75, 3.05) is 7.11 Å². The summed E-state index contributed by atoms with van der Waals surface area (Å²) < 4.78 is 19.4. The van der Waals surface area contributed by atoms with Gasteiger partial charge in [0.25, 0.3) is 0 Å². The smallest absolute Gasteiger partial charge is 0.192 e. The predicted octanol–water partition coefficient (Wildman–Crippen LogP) is 5.26. The largest absolute Gasteiger partial charge is 0.497 e. The number of benzene rings is 2. The highest BCUT2D eigenvalue weighted by atomic mass is 19.1. The highest BCUT2D eigenvalue weighted by Gasteiger charge is 2.19. The van der Waals surface area contributed by atoms with Gasteiger partial charge in [0.05, 0.1) is 18.0 Å². The molecule has 0 atom stereocenters. The van der Waals surface area contributed by atoms with Gasteiger partial charge in [0.1, 0.15) is 11.6 Å². The van der Waals surface area contributed by atoms with Crippen molar-refractivity contribution < 1.29 is 9.13 Å². The zero-order valence-electron chi connectivity index (χ0n) is 16.1. The second-order valence-corrected chi connectivity index (χ2v) is 7.81. The molecular formula is C22H24FNO2. The van der Waals surface area contributed by atoms with Crippen molar-refractivity contribution in [2.24, 2.45) is 0 Å². The molecule has 1 aromatic heterocycles. The molecule has 0 amide bonds. The summed E-state index contributed by atoms with van der Waals surface area (Å²) in [6.07, 6.45) is 0. The van der Waals surface area contributed by atoms with Gasteiger partial charge in [-0.3, -0.25) is 4.79 Å². The van der Waals surface area contributed by atoms with Gasteiger partial charge in [-0.05, 0) is 42.0 Å². The van der Waals surface area contributed by atoms with E-state index in [1.54, 1.807) is 6.07 Å². The first kappa shape index (κ1) is 18.2. The number of fused-ring (bicyclic) bond motifs is 1. The van der Waals surface area contributed by atoms with Crippen LogP contribution in [0.5, 0.6) is 5.75 Å². The molecule has 26 heavy (non-hydrogen) atoms. The molecule has 0 bridgehead atoms. The lowest BCUT2D eigenvalue weighted by Crippen LogP contribution is -2.14. The third-order valence-electron chi connectivity index (χ3n) is 4.76. The molecule has 4 heteroatoms. The van der Waals surface area contributed by atoms with E-state index in [0.29, 0.717) is 17.0 Å². The number of ether oxygens (including phenoxy) is 1. The molecule has 3 rings (SSSR count). The first-order valence-electron chi connectivity index (χ1n) is 8.64. The van der Waals surface area contributed by atoms with Crippen LogP contribution in [-0.2, 0) is 5.41 Å². The monoisotopic (exact) mass is 353 g/mol. The van der Waals surface area contributed by atoms with Crippen LogP contribution in [0.1, 0.15) is 37.5 Å². The molecule has 0 aliphatic rings. The van der Waals surface area contributed by atoms with Gasteiger partial charge in [0.15, 0.2) is 5.43 Å². The summed E-state index contributed by atoms with van der Waals surface area (Å²) in [5.41, 5.74) is 5.26. The van der Waals surface area contributed by atoms with E-state index in [1.807, 2.05) is 6.92 Å². The second-order valence-electron chi connectivity index (χ2n) is 7.81. The van der Waals surface area contributed by atoms with Crippen LogP contribution >= 0.6 is 0 Å². The lowest BCUT2D eigenvalue weighted by Gasteiger charge is -2.23. The minimum absolute atomic E-state index is 0.0423. The third kappa shape index (κ3) is 3.12. The molecule has 0 saturated carbocycles. The molecular weight excluding hydrogens is 329 g/mol. The highest BCUT2D eigenvalue weighted by molar-refractivity contribution is 5.84. The number of H-pyrrole nitrogens is 1. The van der Waals surface area contributed by atoms with E-state index in [1.165, 1.54) is 24.8 Å². The molecule has 0 unspecified atom stereocenters. The molecule has 3 aromatic rings. The van der Waals surface area contributed by atoms with Crippen molar-refractivity contribution in [3.63, 3.8) is 0 Å². The summed E-state index contributed by atoms with van der Waals surface area (Å²) in [5.74, 6) is -0.207. The highest BCUT2D eigenvalue weighted by Crippen LogP contribution is 2.32. The summed E-state index contributed by atoms with van der Waals surface area (Å²) in [4.78, 5) is 15.7. The maximum atomic E-state index is 14.3. The number of aromatic amines is 1. The van der Waals surface area contributed by atoms with E-state index >= 15 is 0 Å². The maximum absolute atomic E-state index is 14.3. The number of aromatic nitrogens is 1. The number of hydrogen-bond acceptors (Lipinski definition) is 2. The summed E-state index contributed by atoms with van der Waals surface area (Å²) in [6, 6.07) is 8.60. The fourth-order valence-corrected chi connectivity index (χ4v) is 3.49. The summed E-state index contributed by atoms with van der Waals surface area (Å²) in [7, 11) is 1.47. The standard InChI is InChI=1S/C22H24FNO2/c1-12-8-16(22(3,4)5)13(2)7-15(12)18-11-20(25)21-17(23)9-14(26-6)10-19(21)24-18/h7-11H,1-6H3,(H,24,25). The van der Waals surface area contributed by atoms with Crippen LogP contribution in [0.3, 0.4) is 0 Å². The molecule has 0 radical (unpaired) electrons. The zero-order valence-corrected chi connectivity index (χ0v) is 16.1. The summed E-state index contributed by atoms with van der Waals surface area (Å²) >= 11 is 0. The fraction of sp³-hybridized carbons (Fsp3) is 0.318. The second kappa shape index (κ2) is 6.27. The Hall–Kier alpha value is -2.62. The first-order chi connectivity index (χ1) is 12.1. The molecule has 1 N–H and O–H groups in total. The molecule has 3 nitrogen and oxygen atoms in total. The predicted molar refractivity (Wildman–Crippen MR) is 105 cm³/mol. The lowest BCUT2D eigenvalue weighted by atomic mass is 9.82. The van der Waals surface area contributed by atoms with Crippen molar-refractivity contribution >= 4 is 10.9 Å². The Morgan fingerprint density at radius 2 is 1.69 bits per heavy atom. The first-order valence-corrected chi connectivity index (χ1v) is 8.64. The van der Waals surface area contributed by atoms with E-state index in [-0.39, 0.29) is 16.2 Å². The average molecular weight is 353 g/mol. The van der Waals surface area contributed by atoms with Crippen molar-refractivity contribution in [3.05, 3.63) is 63.1 Å². The van der Waals surface area contributed by atoms with Crippen LogP contribution in [0, 0.1) is 19.7 Å². The molecule has 0 spiro atoms. The van der Waals surface area contributed by atoms with Crippen LogP contribution in [0.2, 0.25) is 0 Å². The van der Waals surface area contributed by atoms with Gasteiger partial charge in [-0.1, -0.05) is 26.8 Å². The topological polar surface area (TPSA) is 42.1 Å². The molecule has 0 aliphatic heterocycles. The SMILES string of the molecule is COc1cc(F)c2c(=O)cc(-c3cc(C)c(C(C)(C)C)cc3C)[nH]c2c1. The Morgan fingerprint density at radius 3 is 2.31 bits per heavy atom. The Bertz CT molecular complexity index is 1060. The maximum Gasteiger partial charge on any atom is 0.192 e. The van der Waals surface area contributed by atoms with Crippen molar-refractivity contribution in [2.45, 2.75) is 40.0 Å². The number of rotatable bonds is 2. The number of aryl methyl sites for hydroxylation is 2. The summed E-state index contributed by atoms with van der Waals surface area (Å²) in [5, 5.41) is 0.0511. The Balaban J connectivity index is 2.26. The van der Waals surface area contributed by atoms with E-state index < -0.39 is 5.82 Å². The molecule has 0 saturated heterocycles. The van der Waals surface area contributed by atoms with E-state index in [0.717, 1.165) is 16.7 Å². The number of hydrogen-bond donors (Lipinski definition) is 1. The van der Waals surface area contributed by atoms with Gasteiger partial charge < -0.3 is 9.72 Å². The number of methoxy groups -OCH3 is 1. The minimum atomic E-state index is -0.580. The van der Waals surface area contributed by atoms with Gasteiger partial charge >= 0.3 is 0 Å². The third-order valence-corrected chi connectivity index (χ3v) is 4.76. The van der Waals surface area contributed by atoms with Gasteiger partial charge in [-0.25, -0.2) is 4.39 Å². The van der Waals surface area contributed by atoms with Crippen molar-refractivity contribution in [1.82, 2.24) is 4.98 Å². The quantitative estimate of drug-likeness (QED) is 0.683. The molecule has 0 aliphatic carbocycles. The Labute approximate surface area is 152 Å². The Kier molecular flexibility index (Phi) is 4.39. The van der Waals surface area contributed by atoms with Crippen LogP contribution in [-0.4, -0.2) is 12.1 Å². The fourth-order valence-electron chi connectivity index (χ4n) is 3.49. The van der Waals surface area contributed by atoms with Gasteiger partial charge in [-0.15, -0.1) is 0 Å². The van der Waals surface area contributed by atoms with Crippen molar-refractivity contribution in [1.29, 1.82) is 0 Å². The molecule has 1 heterocycles. The molecule has 136 valence electrons. The van der Waals surface area contributed by atoms with E-state index in [9.17, 15) is 9.18 Å². The van der Waals surface area contributed by atoms with Gasteiger partial charge in [0.2, 0.25) is 0 Å². The van der Waals surface area contributed by atoms with Crippen LogP contribution in [0.4, 0.5) is 4.39 Å².